The highest BCUT2D eigenvalue weighted by molar-refractivity contribution is 5.95. The molecule has 1 atom stereocenters. The van der Waals surface area contributed by atoms with Crippen molar-refractivity contribution in [3.8, 4) is 17.0 Å². The van der Waals surface area contributed by atoms with Crippen molar-refractivity contribution in [2.45, 2.75) is 52.1 Å². The van der Waals surface area contributed by atoms with Crippen molar-refractivity contribution in [1.82, 2.24) is 10.2 Å². The second-order valence-electron chi connectivity index (χ2n) is 6.79. The average molecular weight is 365 g/mol. The number of benzene rings is 2. The fourth-order valence-electron chi connectivity index (χ4n) is 3.29. The van der Waals surface area contributed by atoms with Gasteiger partial charge in [-0.15, -0.1) is 0 Å². The lowest BCUT2D eigenvalue weighted by Crippen LogP contribution is -2.16. The van der Waals surface area contributed by atoms with E-state index in [9.17, 15) is 4.79 Å². The molecule has 142 valence electrons. The van der Waals surface area contributed by atoms with Gasteiger partial charge in [-0.25, -0.2) is 0 Å². The maximum atomic E-state index is 10.7. The Morgan fingerprint density at radius 3 is 2.63 bits per heavy atom. The monoisotopic (exact) mass is 365 g/mol. The molecule has 1 aromatic heterocycles. The van der Waals surface area contributed by atoms with Gasteiger partial charge in [0.15, 0.2) is 0 Å². The molecule has 1 amide bonds. The highest BCUT2D eigenvalue weighted by Gasteiger charge is 2.12. The summed E-state index contributed by atoms with van der Waals surface area (Å²) in [5.41, 5.74) is 3.56. The van der Waals surface area contributed by atoms with Crippen LogP contribution in [-0.2, 0) is 4.79 Å². The standard InChI is InChI=1S/C22H27N3O2/c1-3-5-7-18(6-4-2)27-19-11-8-16(9-12-19)22-20-14-17(23-15-26)10-13-21(20)24-25-22/h8-15,18H,3-7H2,1-2H3,(H,23,26)(H,24,25). The number of unbranched alkanes of at least 4 members (excludes halogenated alkanes) is 1. The summed E-state index contributed by atoms with van der Waals surface area (Å²) in [5, 5.41) is 11.2. The van der Waals surface area contributed by atoms with Crippen LogP contribution in [0.15, 0.2) is 42.5 Å². The van der Waals surface area contributed by atoms with Crippen molar-refractivity contribution in [2.24, 2.45) is 0 Å². The Labute approximate surface area is 160 Å². The van der Waals surface area contributed by atoms with Crippen LogP contribution in [0.25, 0.3) is 22.2 Å². The van der Waals surface area contributed by atoms with Gasteiger partial charge in [0.05, 0.1) is 17.3 Å². The van der Waals surface area contributed by atoms with Crippen LogP contribution in [0, 0.1) is 0 Å². The fourth-order valence-corrected chi connectivity index (χ4v) is 3.29. The number of carbonyl (C=O) groups excluding carboxylic acids is 1. The van der Waals surface area contributed by atoms with Crippen LogP contribution in [0.2, 0.25) is 0 Å². The highest BCUT2D eigenvalue weighted by atomic mass is 16.5. The van der Waals surface area contributed by atoms with Crippen LogP contribution >= 0.6 is 0 Å². The summed E-state index contributed by atoms with van der Waals surface area (Å²) in [7, 11) is 0. The van der Waals surface area contributed by atoms with Crippen molar-refractivity contribution in [2.75, 3.05) is 5.32 Å². The van der Waals surface area contributed by atoms with Gasteiger partial charge in [0.25, 0.3) is 0 Å². The van der Waals surface area contributed by atoms with Gasteiger partial charge in [0.2, 0.25) is 6.41 Å². The molecule has 0 radical (unpaired) electrons. The zero-order chi connectivity index (χ0) is 19.1. The number of hydrogen-bond donors (Lipinski definition) is 2. The highest BCUT2D eigenvalue weighted by Crippen LogP contribution is 2.30. The number of nitrogens with one attached hydrogen (secondary N) is 2. The zero-order valence-electron chi connectivity index (χ0n) is 16.0. The average Bonchev–Trinajstić information content (AvgIpc) is 3.10. The third kappa shape index (κ3) is 4.67. The van der Waals surface area contributed by atoms with E-state index in [1.807, 2.05) is 42.5 Å². The van der Waals surface area contributed by atoms with Gasteiger partial charge >= 0.3 is 0 Å². The first-order valence-corrected chi connectivity index (χ1v) is 9.70. The summed E-state index contributed by atoms with van der Waals surface area (Å²) >= 11 is 0. The molecule has 0 fully saturated rings. The Morgan fingerprint density at radius 1 is 1.11 bits per heavy atom. The third-order valence-corrected chi connectivity index (χ3v) is 4.71. The number of anilines is 1. The Bertz CT molecular complexity index is 871. The van der Waals surface area contributed by atoms with Crippen LogP contribution < -0.4 is 10.1 Å². The molecule has 0 aliphatic rings. The summed E-state index contributed by atoms with van der Waals surface area (Å²) in [6, 6.07) is 13.8. The number of amides is 1. The largest absolute Gasteiger partial charge is 0.490 e. The van der Waals surface area contributed by atoms with E-state index in [1.165, 1.54) is 12.8 Å². The van der Waals surface area contributed by atoms with Crippen molar-refractivity contribution in [3.05, 3.63) is 42.5 Å². The molecule has 3 aromatic rings. The van der Waals surface area contributed by atoms with Crippen LogP contribution in [-0.4, -0.2) is 22.7 Å². The molecule has 5 nitrogen and oxygen atoms in total. The molecule has 0 bridgehead atoms. The lowest BCUT2D eigenvalue weighted by atomic mass is 10.1. The Kier molecular flexibility index (Phi) is 6.47. The molecule has 3 rings (SSSR count). The van der Waals surface area contributed by atoms with E-state index >= 15 is 0 Å². The van der Waals surface area contributed by atoms with Gasteiger partial charge in [0.1, 0.15) is 5.75 Å². The minimum absolute atomic E-state index is 0.281. The zero-order valence-corrected chi connectivity index (χ0v) is 16.0. The molecule has 0 saturated heterocycles. The van der Waals surface area contributed by atoms with Crippen molar-refractivity contribution < 1.29 is 9.53 Å². The first-order chi connectivity index (χ1) is 13.2. The van der Waals surface area contributed by atoms with E-state index in [0.717, 1.165) is 52.9 Å². The van der Waals surface area contributed by atoms with Crippen molar-refractivity contribution >= 4 is 23.0 Å². The van der Waals surface area contributed by atoms with Gasteiger partial charge in [-0.3, -0.25) is 9.89 Å². The molecule has 2 aromatic carbocycles. The molecule has 0 aliphatic heterocycles. The first-order valence-electron chi connectivity index (χ1n) is 9.70. The number of nitrogens with zero attached hydrogens (tertiary/aromatic N) is 1. The van der Waals surface area contributed by atoms with Crippen molar-refractivity contribution in [1.29, 1.82) is 0 Å². The quantitative estimate of drug-likeness (QED) is 0.464. The van der Waals surface area contributed by atoms with Crippen LogP contribution in [0.1, 0.15) is 46.0 Å². The van der Waals surface area contributed by atoms with E-state index in [4.69, 9.17) is 4.74 Å². The van der Waals surface area contributed by atoms with E-state index in [-0.39, 0.29) is 6.10 Å². The number of rotatable bonds is 10. The Morgan fingerprint density at radius 2 is 1.93 bits per heavy atom. The minimum Gasteiger partial charge on any atom is -0.490 e. The van der Waals surface area contributed by atoms with Gasteiger partial charge < -0.3 is 10.1 Å². The Balaban J connectivity index is 1.79. The molecule has 0 spiro atoms. The second kappa shape index (κ2) is 9.21. The second-order valence-corrected chi connectivity index (χ2v) is 6.79. The van der Waals surface area contributed by atoms with Crippen LogP contribution in [0.5, 0.6) is 5.75 Å². The number of carbonyl (C=O) groups is 1. The molecule has 5 heteroatoms. The summed E-state index contributed by atoms with van der Waals surface area (Å²) < 4.78 is 6.19. The molecule has 1 heterocycles. The number of aromatic nitrogens is 2. The molecule has 27 heavy (non-hydrogen) atoms. The SMILES string of the molecule is CCCCC(CCC)Oc1ccc(-c2n[nH]c3ccc(NC=O)cc23)cc1. The number of aromatic amines is 1. The number of fused-ring (bicyclic) bond motifs is 1. The van der Waals surface area contributed by atoms with E-state index < -0.39 is 0 Å². The smallest absolute Gasteiger partial charge is 0.211 e. The lowest BCUT2D eigenvalue weighted by Gasteiger charge is -2.18. The first kappa shape index (κ1) is 19.0. The maximum absolute atomic E-state index is 10.7. The summed E-state index contributed by atoms with van der Waals surface area (Å²) in [6.07, 6.45) is 6.65. The Hall–Kier alpha value is -2.82. The molecule has 1 unspecified atom stereocenters. The van der Waals surface area contributed by atoms with Gasteiger partial charge in [-0.05, 0) is 55.3 Å². The number of ether oxygens (including phenoxy) is 1. The van der Waals surface area contributed by atoms with Gasteiger partial charge in [0, 0.05) is 16.6 Å². The van der Waals surface area contributed by atoms with Crippen molar-refractivity contribution in [3.63, 3.8) is 0 Å². The molecule has 0 saturated carbocycles. The molecular formula is C22H27N3O2. The summed E-state index contributed by atoms with van der Waals surface area (Å²) in [6.45, 7) is 4.41. The topological polar surface area (TPSA) is 67.0 Å². The number of H-pyrrole nitrogens is 1. The molecular weight excluding hydrogens is 338 g/mol. The fraction of sp³-hybridized carbons (Fsp3) is 0.364. The normalized spacial score (nSPS) is 12.1. The van der Waals surface area contributed by atoms with Gasteiger partial charge in [-0.2, -0.15) is 5.10 Å². The minimum atomic E-state index is 0.281. The summed E-state index contributed by atoms with van der Waals surface area (Å²) in [4.78, 5) is 10.7. The maximum Gasteiger partial charge on any atom is 0.211 e. The van der Waals surface area contributed by atoms with Gasteiger partial charge in [-0.1, -0.05) is 33.1 Å². The number of hydrogen-bond acceptors (Lipinski definition) is 3. The summed E-state index contributed by atoms with van der Waals surface area (Å²) in [5.74, 6) is 0.899. The van der Waals surface area contributed by atoms with Crippen LogP contribution in [0.3, 0.4) is 0 Å². The van der Waals surface area contributed by atoms with E-state index in [0.29, 0.717) is 6.41 Å². The molecule has 0 aliphatic carbocycles. The third-order valence-electron chi connectivity index (χ3n) is 4.71. The lowest BCUT2D eigenvalue weighted by molar-refractivity contribution is -0.105. The van der Waals surface area contributed by atoms with E-state index in [2.05, 4.69) is 29.4 Å². The molecule has 2 N–H and O–H groups in total. The predicted octanol–water partition coefficient (Wildman–Crippen LogP) is 5.54. The van der Waals surface area contributed by atoms with E-state index in [1.54, 1.807) is 0 Å². The predicted molar refractivity (Wildman–Crippen MR) is 110 cm³/mol. The van der Waals surface area contributed by atoms with Crippen LogP contribution in [0.4, 0.5) is 5.69 Å².